The monoisotopic (exact) mass is 297 g/mol. The van der Waals surface area contributed by atoms with Gasteiger partial charge < -0.3 is 24.3 Å². The summed E-state index contributed by atoms with van der Waals surface area (Å²) in [6, 6.07) is 5.93. The molecule has 0 heterocycles. The van der Waals surface area contributed by atoms with Gasteiger partial charge in [-0.3, -0.25) is 0 Å². The molecule has 0 aromatic heterocycles. The molecule has 0 aliphatic carbocycles. The van der Waals surface area contributed by atoms with E-state index in [4.69, 9.17) is 18.9 Å². The minimum absolute atomic E-state index is 0.0685. The first-order valence-electron chi connectivity index (χ1n) is 7.24. The summed E-state index contributed by atoms with van der Waals surface area (Å²) in [6.07, 6.45) is 0.907. The molecule has 1 rings (SSSR count). The van der Waals surface area contributed by atoms with Gasteiger partial charge in [-0.2, -0.15) is 0 Å². The largest absolute Gasteiger partial charge is 0.493 e. The fourth-order valence-corrected chi connectivity index (χ4v) is 1.94. The lowest BCUT2D eigenvalue weighted by Crippen LogP contribution is -2.20. The molecule has 21 heavy (non-hydrogen) atoms. The van der Waals surface area contributed by atoms with Gasteiger partial charge in [0.05, 0.1) is 19.8 Å². The highest BCUT2D eigenvalue weighted by atomic mass is 16.5. The van der Waals surface area contributed by atoms with E-state index >= 15 is 0 Å². The Morgan fingerprint density at radius 1 is 1.10 bits per heavy atom. The molecule has 1 unspecified atom stereocenters. The number of ether oxygens (including phenoxy) is 4. The molecule has 0 saturated carbocycles. The van der Waals surface area contributed by atoms with Gasteiger partial charge in [-0.25, -0.2) is 0 Å². The number of rotatable bonds is 11. The average molecular weight is 297 g/mol. The summed E-state index contributed by atoms with van der Waals surface area (Å²) >= 11 is 0. The van der Waals surface area contributed by atoms with Crippen molar-refractivity contribution in [2.45, 2.75) is 26.0 Å². The molecule has 5 heteroatoms. The van der Waals surface area contributed by atoms with E-state index in [0.717, 1.165) is 30.0 Å². The Balaban J connectivity index is 2.72. The molecule has 0 aliphatic rings. The average Bonchev–Trinajstić information content (AvgIpc) is 2.50. The van der Waals surface area contributed by atoms with Crippen molar-refractivity contribution in [3.8, 4) is 11.5 Å². The lowest BCUT2D eigenvalue weighted by molar-refractivity contribution is 0.132. The van der Waals surface area contributed by atoms with Crippen LogP contribution in [0.4, 0.5) is 0 Å². The normalized spacial score (nSPS) is 12.2. The van der Waals surface area contributed by atoms with E-state index in [0.29, 0.717) is 19.8 Å². The topological polar surface area (TPSA) is 49.0 Å². The lowest BCUT2D eigenvalue weighted by Gasteiger charge is -2.20. The third kappa shape index (κ3) is 6.33. The zero-order valence-electron chi connectivity index (χ0n) is 13.5. The standard InChI is InChI=1S/C16H27NO4/c1-13(8-10-18-2)21-16-14(12-17-9-11-19-3)6-5-7-15(16)20-4/h5-7,13,17H,8-12H2,1-4H3. The number of nitrogens with one attached hydrogen (secondary N) is 1. The molecule has 5 nitrogen and oxygen atoms in total. The minimum Gasteiger partial charge on any atom is -0.493 e. The molecule has 120 valence electrons. The van der Waals surface area contributed by atoms with Gasteiger partial charge in [-0.1, -0.05) is 12.1 Å². The smallest absolute Gasteiger partial charge is 0.166 e. The lowest BCUT2D eigenvalue weighted by atomic mass is 10.1. The van der Waals surface area contributed by atoms with Crippen molar-refractivity contribution in [3.05, 3.63) is 23.8 Å². The summed E-state index contributed by atoms with van der Waals surface area (Å²) in [5, 5.41) is 3.33. The Morgan fingerprint density at radius 2 is 1.86 bits per heavy atom. The Bertz CT molecular complexity index is 398. The van der Waals surface area contributed by atoms with Crippen LogP contribution in [0.25, 0.3) is 0 Å². The maximum atomic E-state index is 6.05. The van der Waals surface area contributed by atoms with Crippen LogP contribution in [-0.4, -0.2) is 47.2 Å². The van der Waals surface area contributed by atoms with Crippen LogP contribution in [0, 0.1) is 0 Å². The van der Waals surface area contributed by atoms with E-state index in [1.54, 1.807) is 21.3 Å². The maximum absolute atomic E-state index is 6.05. The van der Waals surface area contributed by atoms with Crippen LogP contribution >= 0.6 is 0 Å². The third-order valence-corrected chi connectivity index (χ3v) is 3.13. The Hall–Kier alpha value is -1.30. The number of hydrogen-bond donors (Lipinski definition) is 1. The number of methoxy groups -OCH3 is 3. The van der Waals surface area contributed by atoms with Crippen LogP contribution in [0.2, 0.25) is 0 Å². The van der Waals surface area contributed by atoms with E-state index in [2.05, 4.69) is 5.32 Å². The van der Waals surface area contributed by atoms with Gasteiger partial charge in [-0.05, 0) is 13.0 Å². The summed E-state index contributed by atoms with van der Waals surface area (Å²) in [6.45, 7) is 4.91. The molecular weight excluding hydrogens is 270 g/mol. The molecule has 0 spiro atoms. The van der Waals surface area contributed by atoms with Gasteiger partial charge in [0.2, 0.25) is 0 Å². The van der Waals surface area contributed by atoms with Gasteiger partial charge in [0, 0.05) is 45.9 Å². The van der Waals surface area contributed by atoms with Crippen LogP contribution in [0.1, 0.15) is 18.9 Å². The molecule has 0 fully saturated rings. The second-order valence-electron chi connectivity index (χ2n) is 4.83. The fourth-order valence-electron chi connectivity index (χ4n) is 1.94. The van der Waals surface area contributed by atoms with Crippen LogP contribution < -0.4 is 14.8 Å². The second kappa shape index (κ2) is 10.4. The Labute approximate surface area is 127 Å². The molecule has 1 N–H and O–H groups in total. The van der Waals surface area contributed by atoms with Crippen LogP contribution in [0.15, 0.2) is 18.2 Å². The zero-order valence-corrected chi connectivity index (χ0v) is 13.5. The number of benzene rings is 1. The highest BCUT2D eigenvalue weighted by Crippen LogP contribution is 2.32. The van der Waals surface area contributed by atoms with Gasteiger partial charge in [0.15, 0.2) is 11.5 Å². The summed E-state index contributed by atoms with van der Waals surface area (Å²) in [5.74, 6) is 1.55. The Kier molecular flexibility index (Phi) is 8.82. The predicted octanol–water partition coefficient (Wildman–Crippen LogP) is 2.23. The van der Waals surface area contributed by atoms with Crippen LogP contribution in [0.3, 0.4) is 0 Å². The van der Waals surface area contributed by atoms with E-state index in [1.165, 1.54) is 0 Å². The van der Waals surface area contributed by atoms with Crippen molar-refractivity contribution in [1.82, 2.24) is 5.32 Å². The van der Waals surface area contributed by atoms with Crippen molar-refractivity contribution >= 4 is 0 Å². The third-order valence-electron chi connectivity index (χ3n) is 3.13. The van der Waals surface area contributed by atoms with Gasteiger partial charge in [-0.15, -0.1) is 0 Å². The van der Waals surface area contributed by atoms with E-state index < -0.39 is 0 Å². The predicted molar refractivity (Wildman–Crippen MR) is 83.2 cm³/mol. The molecule has 0 radical (unpaired) electrons. The first-order valence-corrected chi connectivity index (χ1v) is 7.24. The van der Waals surface area contributed by atoms with Crippen molar-refractivity contribution in [2.75, 3.05) is 41.1 Å². The SMILES string of the molecule is COCCNCc1cccc(OC)c1OC(C)CCOC. The number of hydrogen-bond acceptors (Lipinski definition) is 5. The second-order valence-corrected chi connectivity index (χ2v) is 4.83. The summed E-state index contributed by atoms with van der Waals surface area (Å²) in [5.41, 5.74) is 1.08. The van der Waals surface area contributed by atoms with Crippen molar-refractivity contribution < 1.29 is 18.9 Å². The highest BCUT2D eigenvalue weighted by Gasteiger charge is 2.13. The van der Waals surface area contributed by atoms with E-state index in [1.807, 2.05) is 25.1 Å². The molecule has 1 aromatic carbocycles. The molecule has 1 aromatic rings. The maximum Gasteiger partial charge on any atom is 0.166 e. The Morgan fingerprint density at radius 3 is 2.52 bits per heavy atom. The van der Waals surface area contributed by atoms with Gasteiger partial charge >= 0.3 is 0 Å². The van der Waals surface area contributed by atoms with Crippen molar-refractivity contribution in [2.24, 2.45) is 0 Å². The first-order chi connectivity index (χ1) is 10.2. The molecule has 0 aliphatic heterocycles. The zero-order chi connectivity index (χ0) is 15.5. The van der Waals surface area contributed by atoms with E-state index in [-0.39, 0.29) is 6.10 Å². The van der Waals surface area contributed by atoms with Gasteiger partial charge in [0.1, 0.15) is 0 Å². The fraction of sp³-hybridized carbons (Fsp3) is 0.625. The molecule has 0 amide bonds. The first kappa shape index (κ1) is 17.8. The summed E-state index contributed by atoms with van der Waals surface area (Å²) in [4.78, 5) is 0. The van der Waals surface area contributed by atoms with Gasteiger partial charge in [0.25, 0.3) is 0 Å². The molecule has 1 atom stereocenters. The number of para-hydroxylation sites is 1. The minimum atomic E-state index is 0.0685. The van der Waals surface area contributed by atoms with Crippen molar-refractivity contribution in [1.29, 1.82) is 0 Å². The van der Waals surface area contributed by atoms with Crippen LogP contribution in [-0.2, 0) is 16.0 Å². The van der Waals surface area contributed by atoms with Crippen molar-refractivity contribution in [3.63, 3.8) is 0 Å². The molecule has 0 bridgehead atoms. The molecule has 0 saturated heterocycles. The van der Waals surface area contributed by atoms with E-state index in [9.17, 15) is 0 Å². The van der Waals surface area contributed by atoms with Crippen LogP contribution in [0.5, 0.6) is 11.5 Å². The molecular formula is C16H27NO4. The summed E-state index contributed by atoms with van der Waals surface area (Å²) in [7, 11) is 5.05. The summed E-state index contributed by atoms with van der Waals surface area (Å²) < 4.78 is 21.6. The highest BCUT2D eigenvalue weighted by molar-refractivity contribution is 5.46. The quantitative estimate of drug-likeness (QED) is 0.635.